The van der Waals surface area contributed by atoms with Gasteiger partial charge in [0.25, 0.3) is 5.91 Å². The zero-order chi connectivity index (χ0) is 19.2. The first-order valence-corrected chi connectivity index (χ1v) is 8.68. The van der Waals surface area contributed by atoms with E-state index >= 15 is 0 Å². The Morgan fingerprint density at radius 3 is 2.48 bits per heavy atom. The van der Waals surface area contributed by atoms with Crippen LogP contribution in [0.15, 0.2) is 54.6 Å². The quantitative estimate of drug-likeness (QED) is 0.699. The fraction of sp³-hybridized carbons (Fsp3) is 0.190. The van der Waals surface area contributed by atoms with Crippen molar-refractivity contribution in [2.45, 2.75) is 26.9 Å². The van der Waals surface area contributed by atoms with Gasteiger partial charge in [-0.3, -0.25) is 4.79 Å². The van der Waals surface area contributed by atoms with Crippen LogP contribution in [-0.4, -0.2) is 15.9 Å². The molecule has 0 aliphatic heterocycles. The molecule has 0 aliphatic carbocycles. The molecule has 27 heavy (non-hydrogen) atoms. The number of hydrogen-bond donors (Lipinski definition) is 2. The van der Waals surface area contributed by atoms with Gasteiger partial charge in [0, 0.05) is 18.8 Å². The van der Waals surface area contributed by atoms with Crippen LogP contribution in [0.4, 0.5) is 10.3 Å². The van der Waals surface area contributed by atoms with E-state index in [1.807, 2.05) is 38.1 Å². The van der Waals surface area contributed by atoms with Crippen molar-refractivity contribution >= 4 is 11.9 Å². The molecule has 0 saturated heterocycles. The highest BCUT2D eigenvalue weighted by molar-refractivity contribution is 5.92. The number of aryl methyl sites for hydroxylation is 2. The Hall–Kier alpha value is -3.28. The highest BCUT2D eigenvalue weighted by Gasteiger charge is 2.11. The number of carbonyl (C=O) groups excluding carboxylic acids is 1. The third kappa shape index (κ3) is 5.10. The number of benzene rings is 2. The van der Waals surface area contributed by atoms with E-state index in [1.54, 1.807) is 18.2 Å². The topological polar surface area (TPSA) is 66.9 Å². The average molecular weight is 364 g/mol. The van der Waals surface area contributed by atoms with Gasteiger partial charge < -0.3 is 10.6 Å². The molecule has 0 spiro atoms. The number of halogens is 1. The maximum absolute atomic E-state index is 13.0. The van der Waals surface area contributed by atoms with Crippen LogP contribution in [0.1, 0.15) is 32.9 Å². The Kier molecular flexibility index (Phi) is 5.76. The lowest BCUT2D eigenvalue weighted by Gasteiger charge is -2.10. The number of nitrogens with zero attached hydrogens (tertiary/aromatic N) is 2. The highest BCUT2D eigenvalue weighted by atomic mass is 19.1. The van der Waals surface area contributed by atoms with Crippen LogP contribution >= 0.6 is 0 Å². The Morgan fingerprint density at radius 2 is 1.74 bits per heavy atom. The predicted octanol–water partition coefficient (Wildman–Crippen LogP) is 3.77. The summed E-state index contributed by atoms with van der Waals surface area (Å²) in [6.07, 6.45) is 0. The molecule has 1 heterocycles. The Bertz CT molecular complexity index is 941. The van der Waals surface area contributed by atoms with Gasteiger partial charge >= 0.3 is 0 Å². The summed E-state index contributed by atoms with van der Waals surface area (Å²) in [4.78, 5) is 21.1. The van der Waals surface area contributed by atoms with E-state index in [2.05, 4.69) is 20.6 Å². The second kappa shape index (κ2) is 8.40. The van der Waals surface area contributed by atoms with E-state index < -0.39 is 0 Å². The molecule has 6 heteroatoms. The number of hydrogen-bond acceptors (Lipinski definition) is 4. The number of carbonyl (C=O) groups is 1. The van der Waals surface area contributed by atoms with Gasteiger partial charge in [-0.2, -0.15) is 0 Å². The van der Waals surface area contributed by atoms with Gasteiger partial charge in [0.05, 0.1) is 0 Å². The molecule has 0 saturated carbocycles. The minimum atomic E-state index is -0.279. The maximum atomic E-state index is 13.0. The zero-order valence-electron chi connectivity index (χ0n) is 15.3. The van der Waals surface area contributed by atoms with Crippen molar-refractivity contribution in [2.75, 3.05) is 5.32 Å². The van der Waals surface area contributed by atoms with Crippen molar-refractivity contribution in [1.82, 2.24) is 15.3 Å². The molecule has 3 rings (SSSR count). The van der Waals surface area contributed by atoms with Gasteiger partial charge in [0.1, 0.15) is 11.5 Å². The van der Waals surface area contributed by atoms with Crippen LogP contribution in [0.2, 0.25) is 0 Å². The third-order valence-corrected chi connectivity index (χ3v) is 4.15. The first kappa shape index (κ1) is 18.5. The van der Waals surface area contributed by atoms with Crippen molar-refractivity contribution < 1.29 is 9.18 Å². The Balaban J connectivity index is 1.66. The van der Waals surface area contributed by atoms with Crippen molar-refractivity contribution in [3.8, 4) is 0 Å². The molecular formula is C21H21FN4O. The lowest BCUT2D eigenvalue weighted by atomic mass is 10.1. The molecule has 0 radical (unpaired) electrons. The van der Waals surface area contributed by atoms with E-state index in [0.717, 1.165) is 16.7 Å². The smallest absolute Gasteiger partial charge is 0.270 e. The summed E-state index contributed by atoms with van der Waals surface area (Å²) in [6, 6.07) is 15.7. The summed E-state index contributed by atoms with van der Waals surface area (Å²) in [5.74, 6) is -0.174. The number of aromatic nitrogens is 2. The van der Waals surface area contributed by atoms with E-state index in [0.29, 0.717) is 30.4 Å². The molecule has 5 nitrogen and oxygen atoms in total. The SMILES string of the molecule is Cc1cc(C(=O)NCc2ccccc2C)nc(NCc2ccc(F)cc2)n1. The van der Waals surface area contributed by atoms with Gasteiger partial charge in [0.2, 0.25) is 5.95 Å². The molecule has 2 aromatic carbocycles. The van der Waals surface area contributed by atoms with E-state index in [1.165, 1.54) is 12.1 Å². The van der Waals surface area contributed by atoms with Gasteiger partial charge in [0.15, 0.2) is 0 Å². The first-order valence-electron chi connectivity index (χ1n) is 8.68. The fourth-order valence-corrected chi connectivity index (χ4v) is 2.62. The third-order valence-electron chi connectivity index (χ3n) is 4.15. The maximum Gasteiger partial charge on any atom is 0.270 e. The second-order valence-corrected chi connectivity index (χ2v) is 6.31. The van der Waals surface area contributed by atoms with Gasteiger partial charge in [-0.15, -0.1) is 0 Å². The molecular weight excluding hydrogens is 343 g/mol. The lowest BCUT2D eigenvalue weighted by Crippen LogP contribution is -2.25. The molecule has 138 valence electrons. The Labute approximate surface area is 157 Å². The summed E-state index contributed by atoms with van der Waals surface area (Å²) in [5.41, 5.74) is 4.07. The van der Waals surface area contributed by atoms with E-state index in [9.17, 15) is 9.18 Å². The van der Waals surface area contributed by atoms with E-state index in [-0.39, 0.29) is 11.7 Å². The van der Waals surface area contributed by atoms with Crippen LogP contribution in [0.5, 0.6) is 0 Å². The van der Waals surface area contributed by atoms with Crippen molar-refractivity contribution in [3.63, 3.8) is 0 Å². The van der Waals surface area contributed by atoms with Gasteiger partial charge in [-0.1, -0.05) is 36.4 Å². The van der Waals surface area contributed by atoms with Crippen LogP contribution in [0, 0.1) is 19.7 Å². The summed E-state index contributed by atoms with van der Waals surface area (Å²) >= 11 is 0. The lowest BCUT2D eigenvalue weighted by molar-refractivity contribution is 0.0945. The van der Waals surface area contributed by atoms with Crippen LogP contribution < -0.4 is 10.6 Å². The highest BCUT2D eigenvalue weighted by Crippen LogP contribution is 2.10. The number of rotatable bonds is 6. The Morgan fingerprint density at radius 1 is 1.00 bits per heavy atom. The number of nitrogens with one attached hydrogen (secondary N) is 2. The summed E-state index contributed by atoms with van der Waals surface area (Å²) < 4.78 is 13.0. The van der Waals surface area contributed by atoms with Gasteiger partial charge in [-0.25, -0.2) is 14.4 Å². The molecule has 0 bridgehead atoms. The minimum Gasteiger partial charge on any atom is -0.350 e. The molecule has 0 unspecified atom stereocenters. The number of anilines is 1. The molecule has 1 amide bonds. The largest absolute Gasteiger partial charge is 0.350 e. The molecule has 0 atom stereocenters. The standard InChI is InChI=1S/C21H21FN4O/c1-14-5-3-4-6-17(14)13-23-20(27)19-11-15(2)25-21(26-19)24-12-16-7-9-18(22)10-8-16/h3-11H,12-13H2,1-2H3,(H,23,27)(H,24,25,26). The van der Waals surface area contributed by atoms with Crippen molar-refractivity contribution in [1.29, 1.82) is 0 Å². The van der Waals surface area contributed by atoms with E-state index in [4.69, 9.17) is 0 Å². The average Bonchev–Trinajstić information content (AvgIpc) is 2.66. The monoisotopic (exact) mass is 364 g/mol. The first-order chi connectivity index (χ1) is 13.0. The fourth-order valence-electron chi connectivity index (χ4n) is 2.62. The number of amides is 1. The normalized spacial score (nSPS) is 10.5. The summed E-state index contributed by atoms with van der Waals surface area (Å²) in [6.45, 7) is 4.69. The van der Waals surface area contributed by atoms with Crippen molar-refractivity contribution in [2.24, 2.45) is 0 Å². The zero-order valence-corrected chi connectivity index (χ0v) is 15.3. The predicted molar refractivity (Wildman–Crippen MR) is 103 cm³/mol. The van der Waals surface area contributed by atoms with Crippen LogP contribution in [-0.2, 0) is 13.1 Å². The summed E-state index contributed by atoms with van der Waals surface area (Å²) in [5, 5.41) is 5.97. The molecule has 0 aliphatic rings. The van der Waals surface area contributed by atoms with Gasteiger partial charge in [-0.05, 0) is 48.7 Å². The van der Waals surface area contributed by atoms with Crippen molar-refractivity contribution in [3.05, 3.63) is 88.5 Å². The minimum absolute atomic E-state index is 0.256. The van der Waals surface area contributed by atoms with Crippen LogP contribution in [0.3, 0.4) is 0 Å². The molecule has 3 aromatic rings. The molecule has 1 aromatic heterocycles. The van der Waals surface area contributed by atoms with Crippen LogP contribution in [0.25, 0.3) is 0 Å². The second-order valence-electron chi connectivity index (χ2n) is 6.31. The molecule has 0 fully saturated rings. The summed E-state index contributed by atoms with van der Waals surface area (Å²) in [7, 11) is 0. The molecule has 2 N–H and O–H groups in total.